The molecule has 0 aliphatic rings. The fraction of sp³-hybridized carbons (Fsp3) is 0.0769. The highest BCUT2D eigenvalue weighted by molar-refractivity contribution is 6.33. The van der Waals surface area contributed by atoms with Crippen LogP contribution in [0.2, 0.25) is 5.02 Å². The molecular weight excluding hydrogens is 236 g/mol. The summed E-state index contributed by atoms with van der Waals surface area (Å²) >= 11 is 5.95. The number of amides is 1. The highest BCUT2D eigenvalue weighted by atomic mass is 35.5. The lowest BCUT2D eigenvalue weighted by atomic mass is 10.3. The van der Waals surface area contributed by atoms with Crippen LogP contribution in [0.5, 0.6) is 0 Å². The van der Waals surface area contributed by atoms with Crippen LogP contribution in [-0.2, 0) is 11.3 Å². The van der Waals surface area contributed by atoms with Gasteiger partial charge >= 0.3 is 0 Å². The molecular formula is C13H12ClN2O+. The molecule has 1 heterocycles. The standard InChI is InChI=1S/C13H11ClN2O/c14-11-6-2-3-7-12(11)15-13(17)10-16-8-4-1-5-9-16/h1-9H,10H2/p+1. The minimum Gasteiger partial charge on any atom is -0.319 e. The van der Waals surface area contributed by atoms with E-state index in [4.69, 9.17) is 11.6 Å². The fourth-order valence-corrected chi connectivity index (χ4v) is 1.64. The number of pyridine rings is 1. The van der Waals surface area contributed by atoms with Crippen molar-refractivity contribution in [3.8, 4) is 0 Å². The molecule has 3 nitrogen and oxygen atoms in total. The van der Waals surface area contributed by atoms with Gasteiger partial charge in [-0.2, -0.15) is 4.57 Å². The molecule has 2 rings (SSSR count). The summed E-state index contributed by atoms with van der Waals surface area (Å²) in [5, 5.41) is 3.31. The molecule has 2 aromatic rings. The Morgan fingerprint density at radius 1 is 1.12 bits per heavy atom. The molecule has 0 aliphatic heterocycles. The van der Waals surface area contributed by atoms with Gasteiger partial charge < -0.3 is 5.32 Å². The van der Waals surface area contributed by atoms with Crippen LogP contribution < -0.4 is 9.88 Å². The summed E-state index contributed by atoms with van der Waals surface area (Å²) in [6, 6.07) is 12.8. The topological polar surface area (TPSA) is 33.0 Å². The maximum Gasteiger partial charge on any atom is 0.290 e. The van der Waals surface area contributed by atoms with Gasteiger partial charge in [0.2, 0.25) is 6.54 Å². The molecule has 0 bridgehead atoms. The highest BCUT2D eigenvalue weighted by Gasteiger charge is 2.09. The second kappa shape index (κ2) is 5.46. The minimum absolute atomic E-state index is 0.102. The van der Waals surface area contributed by atoms with Crippen LogP contribution in [0.4, 0.5) is 5.69 Å². The number of benzene rings is 1. The highest BCUT2D eigenvalue weighted by Crippen LogP contribution is 2.19. The summed E-state index contributed by atoms with van der Waals surface area (Å²) in [6.45, 7) is 0.270. The molecule has 0 fully saturated rings. The van der Waals surface area contributed by atoms with Crippen molar-refractivity contribution in [2.24, 2.45) is 0 Å². The van der Waals surface area contributed by atoms with Gasteiger partial charge in [0.15, 0.2) is 12.4 Å². The maximum atomic E-state index is 11.7. The number of carbonyl (C=O) groups is 1. The number of hydrogen-bond donors (Lipinski definition) is 1. The zero-order chi connectivity index (χ0) is 12.1. The van der Waals surface area contributed by atoms with Crippen molar-refractivity contribution in [2.45, 2.75) is 6.54 Å². The summed E-state index contributed by atoms with van der Waals surface area (Å²) < 4.78 is 1.80. The lowest BCUT2D eigenvalue weighted by molar-refractivity contribution is -0.684. The second-order valence-corrected chi connectivity index (χ2v) is 3.98. The monoisotopic (exact) mass is 247 g/mol. The Balaban J connectivity index is 2.01. The van der Waals surface area contributed by atoms with E-state index in [0.29, 0.717) is 10.7 Å². The van der Waals surface area contributed by atoms with E-state index in [9.17, 15) is 4.79 Å². The van der Waals surface area contributed by atoms with Crippen molar-refractivity contribution >= 4 is 23.2 Å². The van der Waals surface area contributed by atoms with Crippen LogP contribution in [0, 0.1) is 0 Å². The summed E-state index contributed by atoms with van der Waals surface area (Å²) in [5.74, 6) is -0.102. The molecule has 0 saturated heterocycles. The van der Waals surface area contributed by atoms with E-state index in [1.54, 1.807) is 16.7 Å². The van der Waals surface area contributed by atoms with Crippen LogP contribution in [0.15, 0.2) is 54.9 Å². The number of para-hydroxylation sites is 1. The molecule has 0 radical (unpaired) electrons. The summed E-state index contributed by atoms with van der Waals surface area (Å²) in [5.41, 5.74) is 0.635. The van der Waals surface area contributed by atoms with E-state index in [1.165, 1.54) is 0 Å². The van der Waals surface area contributed by atoms with Crippen molar-refractivity contribution in [3.63, 3.8) is 0 Å². The Morgan fingerprint density at radius 3 is 2.53 bits per heavy atom. The van der Waals surface area contributed by atoms with Crippen molar-refractivity contribution in [2.75, 3.05) is 5.32 Å². The molecule has 1 aromatic heterocycles. The Hall–Kier alpha value is -1.87. The van der Waals surface area contributed by atoms with Crippen LogP contribution in [-0.4, -0.2) is 5.91 Å². The van der Waals surface area contributed by atoms with E-state index in [-0.39, 0.29) is 12.5 Å². The number of anilines is 1. The molecule has 0 atom stereocenters. The minimum atomic E-state index is -0.102. The number of hydrogen-bond acceptors (Lipinski definition) is 1. The molecule has 17 heavy (non-hydrogen) atoms. The Kier molecular flexibility index (Phi) is 3.73. The molecule has 0 unspecified atom stereocenters. The fourth-order valence-electron chi connectivity index (χ4n) is 1.46. The first kappa shape index (κ1) is 11.6. The third-order valence-corrected chi connectivity index (χ3v) is 2.58. The molecule has 0 saturated carbocycles. The van der Waals surface area contributed by atoms with Gasteiger partial charge in [-0.15, -0.1) is 0 Å². The Labute approximate surface area is 105 Å². The average Bonchev–Trinajstić information content (AvgIpc) is 2.33. The van der Waals surface area contributed by atoms with Crippen molar-refractivity contribution in [1.82, 2.24) is 0 Å². The van der Waals surface area contributed by atoms with Gasteiger partial charge in [0.1, 0.15) is 0 Å². The van der Waals surface area contributed by atoms with Gasteiger partial charge in [-0.05, 0) is 12.1 Å². The van der Waals surface area contributed by atoms with Crippen molar-refractivity contribution in [1.29, 1.82) is 0 Å². The molecule has 1 aromatic carbocycles. The number of rotatable bonds is 3. The predicted octanol–water partition coefficient (Wildman–Crippen LogP) is 2.27. The lowest BCUT2D eigenvalue weighted by Crippen LogP contribution is -2.39. The van der Waals surface area contributed by atoms with Gasteiger partial charge in [-0.25, -0.2) is 0 Å². The Morgan fingerprint density at radius 2 is 1.82 bits per heavy atom. The number of nitrogens with zero attached hydrogens (tertiary/aromatic N) is 1. The van der Waals surface area contributed by atoms with E-state index >= 15 is 0 Å². The molecule has 86 valence electrons. The predicted molar refractivity (Wildman–Crippen MR) is 66.7 cm³/mol. The largest absolute Gasteiger partial charge is 0.319 e. The number of nitrogens with one attached hydrogen (secondary N) is 1. The van der Waals surface area contributed by atoms with Gasteiger partial charge in [-0.1, -0.05) is 29.8 Å². The molecule has 1 amide bonds. The van der Waals surface area contributed by atoms with E-state index < -0.39 is 0 Å². The van der Waals surface area contributed by atoms with Crippen LogP contribution in [0.25, 0.3) is 0 Å². The third kappa shape index (κ3) is 3.29. The first-order valence-electron chi connectivity index (χ1n) is 5.24. The Bertz CT molecular complexity index is 514. The zero-order valence-corrected chi connectivity index (χ0v) is 9.89. The van der Waals surface area contributed by atoms with Gasteiger partial charge in [-0.3, -0.25) is 4.79 Å². The van der Waals surface area contributed by atoms with E-state index in [2.05, 4.69) is 5.32 Å². The number of carbonyl (C=O) groups excluding carboxylic acids is 1. The van der Waals surface area contributed by atoms with Crippen LogP contribution in [0.1, 0.15) is 0 Å². The quantitative estimate of drug-likeness (QED) is 0.830. The van der Waals surface area contributed by atoms with Gasteiger partial charge in [0.25, 0.3) is 5.91 Å². The van der Waals surface area contributed by atoms with Gasteiger partial charge in [0.05, 0.1) is 10.7 Å². The van der Waals surface area contributed by atoms with E-state index in [0.717, 1.165) is 0 Å². The van der Waals surface area contributed by atoms with Gasteiger partial charge in [0, 0.05) is 12.1 Å². The van der Waals surface area contributed by atoms with Crippen LogP contribution in [0.3, 0.4) is 0 Å². The molecule has 1 N–H and O–H groups in total. The SMILES string of the molecule is O=C(C[n+]1ccccc1)Nc1ccccc1Cl. The van der Waals surface area contributed by atoms with Crippen molar-refractivity contribution in [3.05, 3.63) is 59.9 Å². The molecule has 0 spiro atoms. The van der Waals surface area contributed by atoms with Crippen molar-refractivity contribution < 1.29 is 9.36 Å². The number of aromatic nitrogens is 1. The average molecular weight is 248 g/mol. The summed E-state index contributed by atoms with van der Waals surface area (Å²) in [4.78, 5) is 11.7. The number of halogens is 1. The molecule has 0 aliphatic carbocycles. The maximum absolute atomic E-state index is 11.7. The summed E-state index contributed by atoms with van der Waals surface area (Å²) in [6.07, 6.45) is 3.68. The second-order valence-electron chi connectivity index (χ2n) is 3.58. The summed E-state index contributed by atoms with van der Waals surface area (Å²) in [7, 11) is 0. The first-order chi connectivity index (χ1) is 8.25. The molecule has 4 heteroatoms. The van der Waals surface area contributed by atoms with Crippen LogP contribution >= 0.6 is 11.6 Å². The first-order valence-corrected chi connectivity index (χ1v) is 5.62. The zero-order valence-electron chi connectivity index (χ0n) is 9.14. The lowest BCUT2D eigenvalue weighted by Gasteiger charge is -2.04. The van der Waals surface area contributed by atoms with E-state index in [1.807, 2.05) is 42.7 Å². The smallest absolute Gasteiger partial charge is 0.290 e. The third-order valence-electron chi connectivity index (χ3n) is 2.25. The normalized spacial score (nSPS) is 9.94.